The second-order valence-corrected chi connectivity index (χ2v) is 2.75. The Morgan fingerprint density at radius 3 is 2.77 bits per heavy atom. The van der Waals surface area contributed by atoms with Gasteiger partial charge in [0.25, 0.3) is 0 Å². The summed E-state index contributed by atoms with van der Waals surface area (Å²) in [5.41, 5.74) is 1.32. The molecule has 0 aliphatic rings. The maximum absolute atomic E-state index is 9.61. The zero-order valence-corrected chi connectivity index (χ0v) is 7.66. The molecule has 0 aliphatic heterocycles. The monoisotopic (exact) mass is 177 g/mol. The van der Waals surface area contributed by atoms with E-state index < -0.39 is 0 Å². The van der Waals surface area contributed by atoms with Crippen LogP contribution in [0.1, 0.15) is 11.1 Å². The summed E-state index contributed by atoms with van der Waals surface area (Å²) in [5.74, 6) is 0.713. The predicted octanol–water partition coefficient (Wildman–Crippen LogP) is 1.78. The van der Waals surface area contributed by atoms with Crippen LogP contribution in [0.5, 0.6) is 11.5 Å². The summed E-state index contributed by atoms with van der Waals surface area (Å²) in [7, 11) is 1.52. The number of nitriles is 1. The summed E-state index contributed by atoms with van der Waals surface area (Å²) >= 11 is 0. The molecule has 0 spiro atoms. The average Bonchev–Trinajstić information content (AvgIpc) is 2.14. The summed E-state index contributed by atoms with van der Waals surface area (Å²) < 4.78 is 5.02. The van der Waals surface area contributed by atoms with E-state index in [0.29, 0.717) is 11.3 Å². The van der Waals surface area contributed by atoms with Crippen LogP contribution in [-0.2, 0) is 6.42 Å². The molecule has 0 unspecified atom stereocenters. The van der Waals surface area contributed by atoms with Crippen LogP contribution < -0.4 is 4.74 Å². The van der Waals surface area contributed by atoms with E-state index in [9.17, 15) is 5.11 Å². The van der Waals surface area contributed by atoms with Crippen molar-refractivity contribution in [2.75, 3.05) is 7.11 Å². The van der Waals surface area contributed by atoms with E-state index in [1.165, 1.54) is 7.11 Å². The van der Waals surface area contributed by atoms with Crippen LogP contribution in [0.15, 0.2) is 12.1 Å². The first-order chi connectivity index (χ1) is 6.20. The van der Waals surface area contributed by atoms with Gasteiger partial charge in [-0.25, -0.2) is 0 Å². The van der Waals surface area contributed by atoms with Crippen molar-refractivity contribution < 1.29 is 9.84 Å². The van der Waals surface area contributed by atoms with Crippen molar-refractivity contribution in [1.29, 1.82) is 5.26 Å². The van der Waals surface area contributed by atoms with Gasteiger partial charge in [0.1, 0.15) is 11.5 Å². The first-order valence-electron chi connectivity index (χ1n) is 3.93. The summed E-state index contributed by atoms with van der Waals surface area (Å²) in [4.78, 5) is 0. The van der Waals surface area contributed by atoms with Crippen molar-refractivity contribution in [1.82, 2.24) is 0 Å². The third-order valence-corrected chi connectivity index (χ3v) is 1.92. The highest BCUT2D eigenvalue weighted by Crippen LogP contribution is 2.30. The molecule has 1 aromatic carbocycles. The number of rotatable bonds is 2. The van der Waals surface area contributed by atoms with E-state index in [2.05, 4.69) is 0 Å². The largest absolute Gasteiger partial charge is 0.507 e. The Morgan fingerprint density at radius 2 is 2.23 bits per heavy atom. The number of methoxy groups -OCH3 is 1. The van der Waals surface area contributed by atoms with Crippen molar-refractivity contribution in [3.05, 3.63) is 23.3 Å². The van der Waals surface area contributed by atoms with Gasteiger partial charge < -0.3 is 9.84 Å². The lowest BCUT2D eigenvalue weighted by Gasteiger charge is -2.09. The molecule has 0 bridgehead atoms. The lowest BCUT2D eigenvalue weighted by atomic mass is 10.1. The zero-order valence-electron chi connectivity index (χ0n) is 7.66. The highest BCUT2D eigenvalue weighted by atomic mass is 16.5. The molecule has 0 heterocycles. The number of hydrogen-bond donors (Lipinski definition) is 1. The fourth-order valence-electron chi connectivity index (χ4n) is 1.18. The Balaban J connectivity index is 3.25. The van der Waals surface area contributed by atoms with Crippen molar-refractivity contribution >= 4 is 0 Å². The quantitative estimate of drug-likeness (QED) is 0.749. The molecule has 0 saturated heterocycles. The van der Waals surface area contributed by atoms with Gasteiger partial charge in [-0.1, -0.05) is 6.07 Å². The van der Waals surface area contributed by atoms with Crippen LogP contribution in [0.2, 0.25) is 0 Å². The number of aromatic hydroxyl groups is 1. The van der Waals surface area contributed by atoms with Crippen LogP contribution >= 0.6 is 0 Å². The minimum Gasteiger partial charge on any atom is -0.507 e. The van der Waals surface area contributed by atoms with Gasteiger partial charge in [-0.3, -0.25) is 0 Å². The summed E-state index contributed by atoms with van der Waals surface area (Å²) in [5, 5.41) is 18.1. The van der Waals surface area contributed by atoms with E-state index in [-0.39, 0.29) is 12.2 Å². The summed E-state index contributed by atoms with van der Waals surface area (Å²) in [6.45, 7) is 1.79. The maximum Gasteiger partial charge on any atom is 0.126 e. The molecule has 1 aromatic rings. The van der Waals surface area contributed by atoms with Gasteiger partial charge in [0.05, 0.1) is 25.2 Å². The number of phenolic OH excluding ortho intramolecular Hbond substituents is 1. The first kappa shape index (κ1) is 9.40. The molecule has 3 heteroatoms. The van der Waals surface area contributed by atoms with Crippen molar-refractivity contribution in [3.63, 3.8) is 0 Å². The molecule has 1 N–H and O–H groups in total. The maximum atomic E-state index is 9.61. The van der Waals surface area contributed by atoms with Crippen LogP contribution in [0.3, 0.4) is 0 Å². The normalized spacial score (nSPS) is 9.31. The van der Waals surface area contributed by atoms with Crippen LogP contribution in [0.4, 0.5) is 0 Å². The van der Waals surface area contributed by atoms with Gasteiger partial charge in [-0.05, 0) is 18.6 Å². The van der Waals surface area contributed by atoms with Crippen molar-refractivity contribution in [3.8, 4) is 17.6 Å². The second-order valence-electron chi connectivity index (χ2n) is 2.75. The topological polar surface area (TPSA) is 53.2 Å². The Morgan fingerprint density at radius 1 is 1.54 bits per heavy atom. The highest BCUT2D eigenvalue weighted by molar-refractivity contribution is 5.49. The molecule has 68 valence electrons. The van der Waals surface area contributed by atoms with Gasteiger partial charge in [0, 0.05) is 0 Å². The molecule has 13 heavy (non-hydrogen) atoms. The molecule has 3 nitrogen and oxygen atoms in total. The molecule has 0 aromatic heterocycles. The molecule has 0 fully saturated rings. The van der Waals surface area contributed by atoms with E-state index in [4.69, 9.17) is 10.00 Å². The number of aryl methyl sites for hydroxylation is 1. The summed E-state index contributed by atoms with van der Waals surface area (Å²) in [6, 6.07) is 5.50. The van der Waals surface area contributed by atoms with Crippen molar-refractivity contribution in [2.45, 2.75) is 13.3 Å². The van der Waals surface area contributed by atoms with Gasteiger partial charge in [0.2, 0.25) is 0 Å². The molecule has 0 amide bonds. The Hall–Kier alpha value is -1.69. The third kappa shape index (κ3) is 1.73. The van der Waals surface area contributed by atoms with Crippen LogP contribution in [-0.4, -0.2) is 12.2 Å². The van der Waals surface area contributed by atoms with E-state index >= 15 is 0 Å². The Kier molecular flexibility index (Phi) is 2.76. The summed E-state index contributed by atoms with van der Waals surface area (Å²) in [6.07, 6.45) is 0.163. The van der Waals surface area contributed by atoms with Gasteiger partial charge in [-0.2, -0.15) is 5.26 Å². The molecule has 0 saturated carbocycles. The molecule has 0 aliphatic carbocycles. The van der Waals surface area contributed by atoms with Crippen molar-refractivity contribution in [2.24, 2.45) is 0 Å². The fraction of sp³-hybridized carbons (Fsp3) is 0.300. The molecule has 1 rings (SSSR count). The first-order valence-corrected chi connectivity index (χ1v) is 3.93. The van der Waals surface area contributed by atoms with E-state index in [0.717, 1.165) is 5.56 Å². The lowest BCUT2D eigenvalue weighted by molar-refractivity contribution is 0.400. The fourth-order valence-corrected chi connectivity index (χ4v) is 1.18. The Labute approximate surface area is 77.2 Å². The number of benzene rings is 1. The van der Waals surface area contributed by atoms with E-state index in [1.807, 2.05) is 6.07 Å². The predicted molar refractivity (Wildman–Crippen MR) is 48.7 cm³/mol. The highest BCUT2D eigenvalue weighted by Gasteiger charge is 2.09. The minimum atomic E-state index is 0.154. The number of ether oxygens (including phenoxy) is 1. The lowest BCUT2D eigenvalue weighted by Crippen LogP contribution is -1.93. The second kappa shape index (κ2) is 3.81. The zero-order chi connectivity index (χ0) is 9.84. The Bertz CT molecular complexity index is 353. The van der Waals surface area contributed by atoms with Crippen LogP contribution in [0.25, 0.3) is 0 Å². The van der Waals surface area contributed by atoms with Gasteiger partial charge >= 0.3 is 0 Å². The third-order valence-electron chi connectivity index (χ3n) is 1.92. The SMILES string of the molecule is COc1ccc(C)c(O)c1CC#N. The number of nitrogens with zero attached hydrogens (tertiary/aromatic N) is 1. The molecular weight excluding hydrogens is 166 g/mol. The van der Waals surface area contributed by atoms with Gasteiger partial charge in [-0.15, -0.1) is 0 Å². The van der Waals surface area contributed by atoms with Gasteiger partial charge in [0.15, 0.2) is 0 Å². The number of phenols is 1. The average molecular weight is 177 g/mol. The number of hydrogen-bond acceptors (Lipinski definition) is 3. The molecule has 0 atom stereocenters. The molecule has 0 radical (unpaired) electrons. The molecular formula is C10H11NO2. The minimum absolute atomic E-state index is 0.154. The smallest absolute Gasteiger partial charge is 0.126 e. The standard InChI is InChI=1S/C10H11NO2/c1-7-3-4-9(13-2)8(5-6-11)10(7)12/h3-4,12H,5H2,1-2H3. The van der Waals surface area contributed by atoms with Crippen LogP contribution in [0, 0.1) is 18.3 Å². The van der Waals surface area contributed by atoms with E-state index in [1.54, 1.807) is 19.1 Å².